The molecule has 0 atom stereocenters. The largest absolute Gasteiger partial charge is 0.358 e. The van der Waals surface area contributed by atoms with E-state index >= 15 is 0 Å². The van der Waals surface area contributed by atoms with Crippen LogP contribution in [-0.4, -0.2) is 24.3 Å². The van der Waals surface area contributed by atoms with Gasteiger partial charge in [-0.2, -0.15) is 12.7 Å². The van der Waals surface area contributed by atoms with Crippen LogP contribution < -0.4 is 5.14 Å². The summed E-state index contributed by atoms with van der Waals surface area (Å²) in [5, 5.41) is 6.25. The first-order chi connectivity index (χ1) is 8.05. The number of nitrogens with two attached hydrogens (primary N) is 1. The number of hydrogen-bond donors (Lipinski definition) is 2. The lowest BCUT2D eigenvalue weighted by Crippen LogP contribution is -2.40. The minimum Gasteiger partial charge on any atom is -0.358 e. The average molecular weight is 251 g/mol. The van der Waals surface area contributed by atoms with Gasteiger partial charge in [-0.15, -0.1) is 0 Å². The Hall–Kier alpha value is -1.37. The molecule has 0 fully saturated rings. The van der Waals surface area contributed by atoms with Crippen LogP contribution in [0, 0.1) is 0 Å². The fraction of sp³-hybridized carbons (Fsp3) is 0.273. The van der Waals surface area contributed by atoms with Crippen LogP contribution in [0.15, 0.2) is 24.3 Å². The molecule has 0 amide bonds. The molecule has 1 aliphatic rings. The molecule has 1 aromatic carbocycles. The number of aromatic nitrogens is 1. The zero-order chi connectivity index (χ0) is 12.0. The fourth-order valence-electron chi connectivity index (χ4n) is 2.36. The molecule has 0 unspecified atom stereocenters. The molecule has 5 nitrogen and oxygen atoms in total. The maximum absolute atomic E-state index is 11.3. The molecule has 0 spiro atoms. The first-order valence-corrected chi connectivity index (χ1v) is 6.92. The Balaban J connectivity index is 2.12. The van der Waals surface area contributed by atoms with Gasteiger partial charge in [0, 0.05) is 36.1 Å². The van der Waals surface area contributed by atoms with Crippen LogP contribution in [0.1, 0.15) is 11.3 Å². The summed E-state index contributed by atoms with van der Waals surface area (Å²) in [4.78, 5) is 3.33. The van der Waals surface area contributed by atoms with E-state index in [1.807, 2.05) is 24.3 Å². The molecule has 3 rings (SSSR count). The molecule has 0 saturated carbocycles. The number of nitrogens with zero attached hydrogens (tertiary/aromatic N) is 1. The third-order valence-corrected chi connectivity index (χ3v) is 4.24. The average Bonchev–Trinajstić information content (AvgIpc) is 2.65. The molecule has 0 radical (unpaired) electrons. The Morgan fingerprint density at radius 1 is 1.29 bits per heavy atom. The van der Waals surface area contributed by atoms with Crippen molar-refractivity contribution in [3.63, 3.8) is 0 Å². The zero-order valence-electron chi connectivity index (χ0n) is 9.18. The second kappa shape index (κ2) is 3.56. The van der Waals surface area contributed by atoms with E-state index in [2.05, 4.69) is 4.98 Å². The Morgan fingerprint density at radius 3 is 2.82 bits per heavy atom. The highest BCUT2D eigenvalue weighted by Crippen LogP contribution is 2.27. The first-order valence-electron chi connectivity index (χ1n) is 5.42. The summed E-state index contributed by atoms with van der Waals surface area (Å²) >= 11 is 0. The molecular formula is C11H13N3O2S. The molecule has 0 saturated heterocycles. The third-order valence-electron chi connectivity index (χ3n) is 3.21. The van der Waals surface area contributed by atoms with E-state index in [4.69, 9.17) is 5.14 Å². The molecule has 0 bridgehead atoms. The Morgan fingerprint density at radius 2 is 2.06 bits per heavy atom. The van der Waals surface area contributed by atoms with Crippen molar-refractivity contribution < 1.29 is 8.42 Å². The van der Waals surface area contributed by atoms with Crippen molar-refractivity contribution in [3.8, 4) is 0 Å². The lowest BCUT2D eigenvalue weighted by molar-refractivity contribution is 0.392. The van der Waals surface area contributed by atoms with Crippen molar-refractivity contribution in [2.45, 2.75) is 13.0 Å². The summed E-state index contributed by atoms with van der Waals surface area (Å²) in [6.45, 7) is 0.802. The minimum absolute atomic E-state index is 0.359. The molecule has 2 heterocycles. The maximum Gasteiger partial charge on any atom is 0.277 e. The van der Waals surface area contributed by atoms with E-state index in [9.17, 15) is 8.42 Å². The quantitative estimate of drug-likeness (QED) is 0.783. The van der Waals surface area contributed by atoms with Gasteiger partial charge >= 0.3 is 0 Å². The predicted molar refractivity (Wildman–Crippen MR) is 65.5 cm³/mol. The summed E-state index contributed by atoms with van der Waals surface area (Å²) in [5.74, 6) is 0. The third kappa shape index (κ3) is 1.74. The lowest BCUT2D eigenvalue weighted by atomic mass is 10.1. The van der Waals surface area contributed by atoms with Crippen molar-refractivity contribution in [1.29, 1.82) is 0 Å². The summed E-state index contributed by atoms with van der Waals surface area (Å²) < 4.78 is 24.0. The van der Waals surface area contributed by atoms with Gasteiger partial charge in [-0.3, -0.25) is 0 Å². The Bertz CT molecular complexity index is 675. The van der Waals surface area contributed by atoms with E-state index in [0.29, 0.717) is 19.5 Å². The van der Waals surface area contributed by atoms with Crippen LogP contribution in [0.5, 0.6) is 0 Å². The van der Waals surface area contributed by atoms with Gasteiger partial charge in [-0.05, 0) is 11.6 Å². The second-order valence-electron chi connectivity index (χ2n) is 4.26. The first kappa shape index (κ1) is 10.8. The Kier molecular flexibility index (Phi) is 2.25. The number of hydrogen-bond acceptors (Lipinski definition) is 2. The van der Waals surface area contributed by atoms with Gasteiger partial charge in [-0.25, -0.2) is 5.14 Å². The normalized spacial score (nSPS) is 17.2. The van der Waals surface area contributed by atoms with Crippen LogP contribution >= 0.6 is 0 Å². The van der Waals surface area contributed by atoms with Crippen molar-refractivity contribution in [2.75, 3.05) is 6.54 Å². The van der Waals surface area contributed by atoms with Gasteiger partial charge in [-0.1, -0.05) is 18.2 Å². The van der Waals surface area contributed by atoms with Crippen LogP contribution in [-0.2, 0) is 23.2 Å². The number of para-hydroxylation sites is 1. The van der Waals surface area contributed by atoms with E-state index in [1.54, 1.807) is 0 Å². The van der Waals surface area contributed by atoms with Gasteiger partial charge in [0.1, 0.15) is 0 Å². The maximum atomic E-state index is 11.3. The van der Waals surface area contributed by atoms with Crippen molar-refractivity contribution in [2.24, 2.45) is 5.14 Å². The van der Waals surface area contributed by atoms with Crippen LogP contribution in [0.2, 0.25) is 0 Å². The molecule has 6 heteroatoms. The highest BCUT2D eigenvalue weighted by molar-refractivity contribution is 7.86. The monoisotopic (exact) mass is 251 g/mol. The fourth-order valence-corrected chi connectivity index (χ4v) is 3.01. The van der Waals surface area contributed by atoms with Gasteiger partial charge in [0.05, 0.1) is 0 Å². The lowest BCUT2D eigenvalue weighted by Gasteiger charge is -2.24. The molecule has 1 aliphatic heterocycles. The van der Waals surface area contributed by atoms with E-state index < -0.39 is 10.2 Å². The molecule has 90 valence electrons. The molecule has 2 aromatic rings. The van der Waals surface area contributed by atoms with Crippen molar-refractivity contribution in [1.82, 2.24) is 9.29 Å². The SMILES string of the molecule is NS(=O)(=O)N1CCc2[nH]c3ccccc3c2C1. The van der Waals surface area contributed by atoms with Crippen LogP contribution in [0.4, 0.5) is 0 Å². The molecule has 0 aliphatic carbocycles. The predicted octanol–water partition coefficient (Wildman–Crippen LogP) is 0.730. The number of benzene rings is 1. The van der Waals surface area contributed by atoms with Gasteiger partial charge < -0.3 is 4.98 Å². The van der Waals surface area contributed by atoms with Gasteiger partial charge in [0.15, 0.2) is 0 Å². The minimum atomic E-state index is -3.60. The number of nitrogens with one attached hydrogen (secondary N) is 1. The van der Waals surface area contributed by atoms with Gasteiger partial charge in [0.2, 0.25) is 0 Å². The summed E-state index contributed by atoms with van der Waals surface area (Å²) in [7, 11) is -3.60. The van der Waals surface area contributed by atoms with Crippen LogP contribution in [0.25, 0.3) is 10.9 Å². The summed E-state index contributed by atoms with van der Waals surface area (Å²) in [6, 6.07) is 7.90. The Labute approximate surface area is 99.4 Å². The van der Waals surface area contributed by atoms with Crippen molar-refractivity contribution >= 4 is 21.1 Å². The number of H-pyrrole nitrogens is 1. The zero-order valence-corrected chi connectivity index (χ0v) is 10.00. The van der Waals surface area contributed by atoms with Gasteiger partial charge in [0.25, 0.3) is 10.2 Å². The van der Waals surface area contributed by atoms with Crippen LogP contribution in [0.3, 0.4) is 0 Å². The summed E-state index contributed by atoms with van der Waals surface area (Å²) in [5.41, 5.74) is 3.21. The molecule has 1 aromatic heterocycles. The van der Waals surface area contributed by atoms with E-state index in [0.717, 1.165) is 22.2 Å². The smallest absolute Gasteiger partial charge is 0.277 e. The summed E-state index contributed by atoms with van der Waals surface area (Å²) in [6.07, 6.45) is 0.681. The number of aromatic amines is 1. The van der Waals surface area contributed by atoms with Crippen molar-refractivity contribution in [3.05, 3.63) is 35.5 Å². The molecule has 17 heavy (non-hydrogen) atoms. The highest BCUT2D eigenvalue weighted by atomic mass is 32.2. The second-order valence-corrected chi connectivity index (χ2v) is 5.80. The molecule has 3 N–H and O–H groups in total. The highest BCUT2D eigenvalue weighted by Gasteiger charge is 2.26. The topological polar surface area (TPSA) is 79.2 Å². The molecular weight excluding hydrogens is 238 g/mol. The number of rotatable bonds is 1. The standard InChI is InChI=1S/C11H13N3O2S/c12-17(15,16)14-6-5-11-9(7-14)8-3-1-2-4-10(8)13-11/h1-4,13H,5-7H2,(H2,12,15,16). The number of fused-ring (bicyclic) bond motifs is 3. The van der Waals surface area contributed by atoms with E-state index in [1.165, 1.54) is 4.31 Å². The van der Waals surface area contributed by atoms with E-state index in [-0.39, 0.29) is 0 Å².